The number of rotatable bonds is 1. The van der Waals surface area contributed by atoms with E-state index in [2.05, 4.69) is 42.8 Å². The quantitative estimate of drug-likeness (QED) is 0.353. The molecule has 1 amide bonds. The maximum Gasteiger partial charge on any atom is 0.257 e. The molecule has 0 saturated heterocycles. The van der Waals surface area contributed by atoms with Gasteiger partial charge in [0.25, 0.3) is 5.91 Å². The first-order valence-electron chi connectivity index (χ1n) is 5.92. The molecule has 1 aromatic rings. The third-order valence-electron chi connectivity index (χ3n) is 3.42. The summed E-state index contributed by atoms with van der Waals surface area (Å²) in [6.45, 7) is 0. The molecule has 0 aromatic carbocycles. The lowest BCUT2D eigenvalue weighted by Gasteiger charge is -2.38. The molecule has 1 saturated carbocycles. The number of nitrogens with one attached hydrogen (secondary N) is 1. The zero-order chi connectivity index (χ0) is 12.7. The van der Waals surface area contributed by atoms with Crippen LogP contribution in [0.25, 0.3) is 0 Å². The average molecular weight is 379 g/mol. The number of carbonyl (C=O) groups excluding carboxylic acids is 1. The maximum absolute atomic E-state index is 12.0. The summed E-state index contributed by atoms with van der Waals surface area (Å²) in [4.78, 5) is 22.3. The molecule has 2 aliphatic rings. The zero-order valence-corrected chi connectivity index (χ0v) is 12.5. The highest BCUT2D eigenvalue weighted by molar-refractivity contribution is 14.1. The molecule has 1 aliphatic carbocycles. The van der Waals surface area contributed by atoms with E-state index in [-0.39, 0.29) is 15.2 Å². The Hall–Kier alpha value is -0.630. The van der Waals surface area contributed by atoms with Gasteiger partial charge in [-0.2, -0.15) is 4.98 Å². The number of fused-ring (bicyclic) bond motifs is 1. The van der Waals surface area contributed by atoms with Crippen LogP contribution in [0, 0.1) is 0 Å². The van der Waals surface area contributed by atoms with Gasteiger partial charge in [-0.1, -0.05) is 12.8 Å². The SMILES string of the molecule is O=C1Nc2cnc(Cl)nc2N(C2CCCC2)[C@H]1I. The summed E-state index contributed by atoms with van der Waals surface area (Å²) in [5.74, 6) is 0.738. The Morgan fingerprint density at radius 1 is 1.44 bits per heavy atom. The van der Waals surface area contributed by atoms with Crippen molar-refractivity contribution in [3.05, 3.63) is 11.5 Å². The van der Waals surface area contributed by atoms with Crippen molar-refractivity contribution >= 4 is 51.6 Å². The molecule has 0 radical (unpaired) electrons. The van der Waals surface area contributed by atoms with Crippen LogP contribution in [0.15, 0.2) is 6.20 Å². The molecule has 0 unspecified atom stereocenters. The Balaban J connectivity index is 2.05. The summed E-state index contributed by atoms with van der Waals surface area (Å²) in [6.07, 6.45) is 6.20. The Kier molecular flexibility index (Phi) is 3.31. The van der Waals surface area contributed by atoms with Crippen LogP contribution in [0.4, 0.5) is 11.5 Å². The highest BCUT2D eigenvalue weighted by atomic mass is 127. The van der Waals surface area contributed by atoms with Gasteiger partial charge < -0.3 is 10.2 Å². The minimum absolute atomic E-state index is 0.0130. The van der Waals surface area contributed by atoms with Crippen molar-refractivity contribution in [2.45, 2.75) is 35.8 Å². The third-order valence-corrected chi connectivity index (χ3v) is 4.77. The van der Waals surface area contributed by atoms with Crippen LogP contribution in [0.5, 0.6) is 0 Å². The van der Waals surface area contributed by atoms with E-state index < -0.39 is 0 Å². The molecule has 2 heterocycles. The summed E-state index contributed by atoms with van der Waals surface area (Å²) in [7, 11) is 0. The first kappa shape index (κ1) is 12.4. The smallest absolute Gasteiger partial charge is 0.257 e. The Labute approximate surface area is 123 Å². The van der Waals surface area contributed by atoms with Crippen molar-refractivity contribution in [2.24, 2.45) is 0 Å². The van der Waals surface area contributed by atoms with E-state index in [1.54, 1.807) is 6.20 Å². The van der Waals surface area contributed by atoms with Gasteiger partial charge in [0.2, 0.25) is 5.28 Å². The van der Waals surface area contributed by atoms with E-state index in [1.165, 1.54) is 12.8 Å². The Morgan fingerprint density at radius 3 is 2.89 bits per heavy atom. The molecule has 3 rings (SSSR count). The van der Waals surface area contributed by atoms with Gasteiger partial charge in [-0.3, -0.25) is 4.79 Å². The maximum atomic E-state index is 12.0. The van der Waals surface area contributed by atoms with Gasteiger partial charge in [-0.05, 0) is 47.0 Å². The van der Waals surface area contributed by atoms with Gasteiger partial charge in [0.05, 0.1) is 6.20 Å². The van der Waals surface area contributed by atoms with Crippen LogP contribution >= 0.6 is 34.2 Å². The highest BCUT2D eigenvalue weighted by Gasteiger charge is 2.37. The van der Waals surface area contributed by atoms with Crippen LogP contribution in [-0.2, 0) is 4.79 Å². The normalized spacial score (nSPS) is 24.0. The van der Waals surface area contributed by atoms with E-state index in [1.807, 2.05) is 0 Å². The lowest BCUT2D eigenvalue weighted by atomic mass is 10.2. The first-order valence-corrected chi connectivity index (χ1v) is 7.55. The lowest BCUT2D eigenvalue weighted by molar-refractivity contribution is -0.115. The van der Waals surface area contributed by atoms with Gasteiger partial charge in [-0.15, -0.1) is 0 Å². The molecule has 1 aromatic heterocycles. The number of alkyl halides is 1. The number of carbonyl (C=O) groups is 1. The molecule has 7 heteroatoms. The van der Waals surface area contributed by atoms with E-state index in [0.717, 1.165) is 18.7 Å². The summed E-state index contributed by atoms with van der Waals surface area (Å²) in [5.41, 5.74) is 0.657. The number of amides is 1. The predicted molar refractivity (Wildman–Crippen MR) is 78.2 cm³/mol. The Morgan fingerprint density at radius 2 is 2.17 bits per heavy atom. The largest absolute Gasteiger partial charge is 0.331 e. The standard InChI is InChI=1S/C11H12ClIN4O/c12-11-14-5-7-9(16-11)17(6-3-1-2-4-6)8(13)10(18)15-7/h5-6,8H,1-4H2,(H,15,18)/t8-/m1/s1. The number of anilines is 2. The van der Waals surface area contributed by atoms with Gasteiger partial charge in [0.1, 0.15) is 5.69 Å². The highest BCUT2D eigenvalue weighted by Crippen LogP contribution is 2.38. The van der Waals surface area contributed by atoms with Gasteiger partial charge in [-0.25, -0.2) is 4.98 Å². The number of halogens is 2. The van der Waals surface area contributed by atoms with Crippen molar-refractivity contribution in [1.29, 1.82) is 0 Å². The molecule has 96 valence electrons. The fourth-order valence-corrected chi connectivity index (χ4v) is 3.61. The van der Waals surface area contributed by atoms with Gasteiger partial charge in [0, 0.05) is 6.04 Å². The van der Waals surface area contributed by atoms with Crippen molar-refractivity contribution in [3.63, 3.8) is 0 Å². The molecular formula is C11H12ClIN4O. The monoisotopic (exact) mass is 378 g/mol. The van der Waals surface area contributed by atoms with Crippen molar-refractivity contribution in [3.8, 4) is 0 Å². The molecule has 0 bridgehead atoms. The van der Waals surface area contributed by atoms with Crippen LogP contribution in [0.1, 0.15) is 25.7 Å². The van der Waals surface area contributed by atoms with Gasteiger partial charge in [0.15, 0.2) is 9.87 Å². The summed E-state index contributed by atoms with van der Waals surface area (Å²) in [5, 5.41) is 3.04. The first-order chi connectivity index (χ1) is 8.66. The molecule has 5 nitrogen and oxygen atoms in total. The molecule has 1 atom stereocenters. The van der Waals surface area contributed by atoms with E-state index in [0.29, 0.717) is 11.7 Å². The molecule has 1 aliphatic heterocycles. The fraction of sp³-hybridized carbons (Fsp3) is 0.545. The number of hydrogen-bond acceptors (Lipinski definition) is 4. The minimum Gasteiger partial charge on any atom is -0.331 e. The van der Waals surface area contributed by atoms with Crippen LogP contribution in [-0.4, -0.2) is 26.0 Å². The molecule has 1 fully saturated rings. The second kappa shape index (κ2) is 4.80. The second-order valence-electron chi connectivity index (χ2n) is 4.55. The number of nitrogens with zero attached hydrogens (tertiary/aromatic N) is 3. The molecule has 18 heavy (non-hydrogen) atoms. The molecule has 1 N–H and O–H groups in total. The van der Waals surface area contributed by atoms with Crippen LogP contribution in [0.2, 0.25) is 5.28 Å². The topological polar surface area (TPSA) is 58.1 Å². The van der Waals surface area contributed by atoms with Gasteiger partial charge >= 0.3 is 0 Å². The average Bonchev–Trinajstić information content (AvgIpc) is 2.85. The fourth-order valence-electron chi connectivity index (χ4n) is 2.60. The lowest BCUT2D eigenvalue weighted by Crippen LogP contribution is -2.49. The minimum atomic E-state index is -0.232. The van der Waals surface area contributed by atoms with Crippen molar-refractivity contribution in [1.82, 2.24) is 9.97 Å². The number of hydrogen-bond donors (Lipinski definition) is 1. The molecular weight excluding hydrogens is 367 g/mol. The summed E-state index contributed by atoms with van der Waals surface area (Å²) < 4.78 is -0.232. The molecule has 0 spiro atoms. The summed E-state index contributed by atoms with van der Waals surface area (Å²) >= 11 is 8.02. The Bertz CT molecular complexity index is 492. The second-order valence-corrected chi connectivity index (χ2v) is 6.06. The summed E-state index contributed by atoms with van der Waals surface area (Å²) in [6, 6.07) is 0.377. The van der Waals surface area contributed by atoms with E-state index in [9.17, 15) is 4.79 Å². The van der Waals surface area contributed by atoms with Crippen molar-refractivity contribution in [2.75, 3.05) is 10.2 Å². The van der Waals surface area contributed by atoms with E-state index >= 15 is 0 Å². The van der Waals surface area contributed by atoms with Crippen LogP contribution < -0.4 is 10.2 Å². The van der Waals surface area contributed by atoms with Crippen LogP contribution in [0.3, 0.4) is 0 Å². The predicted octanol–water partition coefficient (Wildman–Crippen LogP) is 2.59. The number of aromatic nitrogens is 2. The van der Waals surface area contributed by atoms with Crippen molar-refractivity contribution < 1.29 is 4.79 Å². The third kappa shape index (κ3) is 2.05. The zero-order valence-electron chi connectivity index (χ0n) is 9.57. The van der Waals surface area contributed by atoms with E-state index in [4.69, 9.17) is 11.6 Å².